The second-order valence-electron chi connectivity index (χ2n) is 5.59. The molecule has 1 atom stereocenters. The van der Waals surface area contributed by atoms with E-state index in [2.05, 4.69) is 36.5 Å². The van der Waals surface area contributed by atoms with E-state index in [-0.39, 0.29) is 5.82 Å². The molecule has 1 unspecified atom stereocenters. The van der Waals surface area contributed by atoms with E-state index in [1.54, 1.807) is 12.1 Å². The lowest BCUT2D eigenvalue weighted by Crippen LogP contribution is -2.26. The monoisotopic (exact) mass is 285 g/mol. The van der Waals surface area contributed by atoms with Crippen LogP contribution in [0.4, 0.5) is 4.39 Å². The Labute approximate surface area is 127 Å². The maximum absolute atomic E-state index is 13.3. The Kier molecular flexibility index (Phi) is 6.42. The molecule has 112 valence electrons. The van der Waals surface area contributed by atoms with Crippen molar-refractivity contribution in [3.63, 3.8) is 0 Å². The summed E-state index contributed by atoms with van der Waals surface area (Å²) in [5.41, 5.74) is 2.42. The van der Waals surface area contributed by atoms with Crippen LogP contribution in [0.3, 0.4) is 0 Å². The van der Waals surface area contributed by atoms with Crippen molar-refractivity contribution in [2.75, 3.05) is 13.1 Å². The summed E-state index contributed by atoms with van der Waals surface area (Å²) in [6, 6.07) is 17.5. The third-order valence-corrected chi connectivity index (χ3v) is 3.64. The van der Waals surface area contributed by atoms with Crippen molar-refractivity contribution in [1.29, 1.82) is 0 Å². The van der Waals surface area contributed by atoms with Crippen LogP contribution in [0.15, 0.2) is 54.6 Å². The smallest absolute Gasteiger partial charge is 0.123 e. The number of nitrogens with one attached hydrogen (secondary N) is 1. The first-order chi connectivity index (χ1) is 10.3. The van der Waals surface area contributed by atoms with Gasteiger partial charge in [-0.05, 0) is 61.5 Å². The molecule has 2 aromatic carbocycles. The molecule has 2 heteroatoms. The zero-order chi connectivity index (χ0) is 14.9. The van der Waals surface area contributed by atoms with Crippen LogP contribution in [0.5, 0.6) is 0 Å². The first kappa shape index (κ1) is 15.7. The molecular weight excluding hydrogens is 261 g/mol. The molecule has 0 heterocycles. The summed E-state index contributed by atoms with van der Waals surface area (Å²) >= 11 is 0. The highest BCUT2D eigenvalue weighted by atomic mass is 19.1. The second-order valence-corrected chi connectivity index (χ2v) is 5.59. The van der Waals surface area contributed by atoms with Crippen molar-refractivity contribution in [3.8, 4) is 0 Å². The molecule has 0 aromatic heterocycles. The Bertz CT molecular complexity index is 524. The summed E-state index contributed by atoms with van der Waals surface area (Å²) in [6.07, 6.45) is 3.06. The summed E-state index contributed by atoms with van der Waals surface area (Å²) in [5.74, 6) is 0.341. The Morgan fingerprint density at radius 2 is 1.67 bits per heavy atom. The molecule has 2 rings (SSSR count). The minimum atomic E-state index is -0.146. The topological polar surface area (TPSA) is 12.0 Å². The summed E-state index contributed by atoms with van der Waals surface area (Å²) < 4.78 is 13.3. The molecule has 1 N–H and O–H groups in total. The van der Waals surface area contributed by atoms with Crippen LogP contribution < -0.4 is 5.32 Å². The fourth-order valence-electron chi connectivity index (χ4n) is 2.64. The Balaban J connectivity index is 2.01. The van der Waals surface area contributed by atoms with Crippen molar-refractivity contribution >= 4 is 0 Å². The van der Waals surface area contributed by atoms with E-state index >= 15 is 0 Å². The second kappa shape index (κ2) is 8.58. The van der Waals surface area contributed by atoms with Crippen LogP contribution in [0, 0.1) is 11.7 Å². The van der Waals surface area contributed by atoms with Gasteiger partial charge in [0.2, 0.25) is 0 Å². The zero-order valence-corrected chi connectivity index (χ0v) is 12.7. The molecule has 0 fully saturated rings. The molecule has 0 spiro atoms. The number of benzene rings is 2. The molecule has 0 amide bonds. The van der Waals surface area contributed by atoms with E-state index in [0.717, 1.165) is 37.9 Å². The fourth-order valence-corrected chi connectivity index (χ4v) is 2.64. The van der Waals surface area contributed by atoms with Crippen molar-refractivity contribution < 1.29 is 4.39 Å². The van der Waals surface area contributed by atoms with Crippen LogP contribution in [0.2, 0.25) is 0 Å². The third-order valence-electron chi connectivity index (χ3n) is 3.64. The van der Waals surface area contributed by atoms with Gasteiger partial charge in [0.15, 0.2) is 0 Å². The highest BCUT2D eigenvalue weighted by molar-refractivity contribution is 5.19. The third kappa shape index (κ3) is 5.68. The number of halogens is 1. The quantitative estimate of drug-likeness (QED) is 0.716. The number of hydrogen-bond acceptors (Lipinski definition) is 1. The van der Waals surface area contributed by atoms with Gasteiger partial charge < -0.3 is 5.32 Å². The molecule has 21 heavy (non-hydrogen) atoms. The molecular formula is C19H24FN. The first-order valence-corrected chi connectivity index (χ1v) is 7.77. The van der Waals surface area contributed by atoms with Gasteiger partial charge in [-0.3, -0.25) is 0 Å². The molecule has 0 radical (unpaired) electrons. The molecule has 1 nitrogen and oxygen atoms in total. The Morgan fingerprint density at radius 3 is 2.38 bits per heavy atom. The zero-order valence-electron chi connectivity index (χ0n) is 12.7. The molecule has 0 bridgehead atoms. The molecule has 0 saturated carbocycles. The van der Waals surface area contributed by atoms with E-state index in [9.17, 15) is 4.39 Å². The van der Waals surface area contributed by atoms with E-state index < -0.39 is 0 Å². The van der Waals surface area contributed by atoms with Crippen molar-refractivity contribution in [1.82, 2.24) is 5.32 Å². The number of hydrogen-bond donors (Lipinski definition) is 1. The van der Waals surface area contributed by atoms with Crippen LogP contribution in [-0.4, -0.2) is 13.1 Å². The highest BCUT2D eigenvalue weighted by Gasteiger charge is 2.11. The first-order valence-electron chi connectivity index (χ1n) is 7.77. The lowest BCUT2D eigenvalue weighted by molar-refractivity contribution is 0.469. The van der Waals surface area contributed by atoms with Gasteiger partial charge in [-0.15, -0.1) is 0 Å². The van der Waals surface area contributed by atoms with E-state index in [0.29, 0.717) is 5.92 Å². The van der Waals surface area contributed by atoms with Crippen LogP contribution in [0.25, 0.3) is 0 Å². The van der Waals surface area contributed by atoms with Gasteiger partial charge in [-0.1, -0.05) is 49.4 Å². The maximum atomic E-state index is 13.3. The molecule has 0 saturated heterocycles. The molecule has 0 aliphatic heterocycles. The normalized spacial score (nSPS) is 12.3. The lowest BCUT2D eigenvalue weighted by atomic mass is 9.92. The standard InChI is InChI=1S/C19H24FN/c1-2-11-21-15-18(12-16-7-4-3-5-8-16)13-17-9-6-10-19(20)14-17/h3-10,14,18,21H,2,11-13,15H2,1H3. The van der Waals surface area contributed by atoms with Gasteiger partial charge in [0.05, 0.1) is 0 Å². The van der Waals surface area contributed by atoms with Crippen molar-refractivity contribution in [3.05, 3.63) is 71.5 Å². The van der Waals surface area contributed by atoms with Crippen LogP contribution >= 0.6 is 0 Å². The lowest BCUT2D eigenvalue weighted by Gasteiger charge is -2.18. The Morgan fingerprint density at radius 1 is 0.952 bits per heavy atom. The fraction of sp³-hybridized carbons (Fsp3) is 0.368. The van der Waals surface area contributed by atoms with Gasteiger partial charge in [0.1, 0.15) is 5.82 Å². The van der Waals surface area contributed by atoms with Gasteiger partial charge >= 0.3 is 0 Å². The SMILES string of the molecule is CCCNCC(Cc1ccccc1)Cc1cccc(F)c1. The highest BCUT2D eigenvalue weighted by Crippen LogP contribution is 2.15. The summed E-state index contributed by atoms with van der Waals surface area (Å²) in [4.78, 5) is 0. The summed E-state index contributed by atoms with van der Waals surface area (Å²) in [5, 5.41) is 3.50. The van der Waals surface area contributed by atoms with E-state index in [1.165, 1.54) is 11.6 Å². The predicted octanol–water partition coefficient (Wildman–Crippen LogP) is 4.23. The Hall–Kier alpha value is -1.67. The van der Waals surface area contributed by atoms with Crippen LogP contribution in [-0.2, 0) is 12.8 Å². The maximum Gasteiger partial charge on any atom is 0.123 e. The van der Waals surface area contributed by atoms with Crippen LogP contribution in [0.1, 0.15) is 24.5 Å². The minimum absolute atomic E-state index is 0.146. The van der Waals surface area contributed by atoms with Gasteiger partial charge in [-0.25, -0.2) is 4.39 Å². The largest absolute Gasteiger partial charge is 0.316 e. The summed E-state index contributed by atoms with van der Waals surface area (Å²) in [7, 11) is 0. The van der Waals surface area contributed by atoms with Gasteiger partial charge in [0, 0.05) is 0 Å². The molecule has 0 aliphatic rings. The van der Waals surface area contributed by atoms with Gasteiger partial charge in [0.25, 0.3) is 0 Å². The minimum Gasteiger partial charge on any atom is -0.316 e. The summed E-state index contributed by atoms with van der Waals surface area (Å²) in [6.45, 7) is 4.18. The average molecular weight is 285 g/mol. The van der Waals surface area contributed by atoms with E-state index in [4.69, 9.17) is 0 Å². The van der Waals surface area contributed by atoms with Gasteiger partial charge in [-0.2, -0.15) is 0 Å². The number of rotatable bonds is 8. The van der Waals surface area contributed by atoms with E-state index in [1.807, 2.05) is 12.1 Å². The van der Waals surface area contributed by atoms with Crippen molar-refractivity contribution in [2.45, 2.75) is 26.2 Å². The molecule has 2 aromatic rings. The molecule has 0 aliphatic carbocycles. The predicted molar refractivity (Wildman–Crippen MR) is 86.9 cm³/mol. The average Bonchev–Trinajstić information content (AvgIpc) is 2.48. The van der Waals surface area contributed by atoms with Crippen molar-refractivity contribution in [2.24, 2.45) is 5.92 Å².